The number of alkyl halides is 3. The standard InChI is InChI=1S/C16H15Cl3O2/c1-20-13-7-3-11(4-8-13)16(19,15(17)18)12-5-9-14(21-2)10-6-12/h3-10,15H,1-2H3. The SMILES string of the molecule is COc1ccc(C(Cl)(c2ccc(OC)cc2)C(Cl)Cl)cc1. The van der Waals surface area contributed by atoms with E-state index in [0.29, 0.717) is 0 Å². The van der Waals surface area contributed by atoms with Crippen molar-refractivity contribution in [1.29, 1.82) is 0 Å². The lowest BCUT2D eigenvalue weighted by molar-refractivity contribution is 0.414. The summed E-state index contributed by atoms with van der Waals surface area (Å²) < 4.78 is 10.3. The van der Waals surface area contributed by atoms with Gasteiger partial charge in [0.15, 0.2) is 0 Å². The molecule has 0 atom stereocenters. The van der Waals surface area contributed by atoms with Gasteiger partial charge in [-0.05, 0) is 35.4 Å². The Morgan fingerprint density at radius 3 is 1.33 bits per heavy atom. The number of hydrogen-bond acceptors (Lipinski definition) is 2. The minimum absolute atomic E-state index is 0.744. The Labute approximate surface area is 139 Å². The fraction of sp³-hybridized carbons (Fsp3) is 0.250. The normalized spacial score (nSPS) is 11.5. The first-order chi connectivity index (χ1) is 10.0. The number of hydrogen-bond donors (Lipinski definition) is 0. The Bertz CT molecular complexity index is 532. The molecule has 2 rings (SSSR count). The van der Waals surface area contributed by atoms with E-state index in [9.17, 15) is 0 Å². The van der Waals surface area contributed by atoms with Crippen molar-refractivity contribution in [2.24, 2.45) is 0 Å². The summed E-state index contributed by atoms with van der Waals surface area (Å²) in [4.78, 5) is -1.86. The molecule has 0 aliphatic heterocycles. The van der Waals surface area contributed by atoms with E-state index in [1.807, 2.05) is 48.5 Å². The van der Waals surface area contributed by atoms with Crippen LogP contribution >= 0.6 is 34.8 Å². The average Bonchev–Trinajstić information content (AvgIpc) is 2.54. The van der Waals surface area contributed by atoms with E-state index in [1.165, 1.54) is 0 Å². The molecule has 0 heterocycles. The number of rotatable bonds is 5. The highest BCUT2D eigenvalue weighted by Crippen LogP contribution is 2.44. The van der Waals surface area contributed by atoms with Crippen LogP contribution in [0.15, 0.2) is 48.5 Å². The van der Waals surface area contributed by atoms with E-state index >= 15 is 0 Å². The molecule has 0 saturated carbocycles. The van der Waals surface area contributed by atoms with E-state index in [4.69, 9.17) is 44.3 Å². The van der Waals surface area contributed by atoms with Crippen LogP contribution < -0.4 is 9.47 Å². The Hall–Kier alpha value is -1.09. The first-order valence-electron chi connectivity index (χ1n) is 6.28. The van der Waals surface area contributed by atoms with Gasteiger partial charge >= 0.3 is 0 Å². The second-order valence-corrected chi connectivity index (χ2v) is 6.16. The maximum absolute atomic E-state index is 6.77. The highest BCUT2D eigenvalue weighted by atomic mass is 35.5. The molecule has 0 saturated heterocycles. The van der Waals surface area contributed by atoms with E-state index in [0.717, 1.165) is 22.6 Å². The lowest BCUT2D eigenvalue weighted by Crippen LogP contribution is -2.28. The molecule has 0 unspecified atom stereocenters. The summed E-state index contributed by atoms with van der Waals surface area (Å²) in [6.07, 6.45) is 0. The van der Waals surface area contributed by atoms with Crippen molar-refractivity contribution in [2.75, 3.05) is 14.2 Å². The summed E-state index contributed by atoms with van der Waals surface area (Å²) in [5, 5.41) is 0. The van der Waals surface area contributed by atoms with Crippen LogP contribution in [0.3, 0.4) is 0 Å². The summed E-state index contributed by atoms with van der Waals surface area (Å²) in [6.45, 7) is 0. The molecule has 2 nitrogen and oxygen atoms in total. The van der Waals surface area contributed by atoms with Crippen LogP contribution in [-0.2, 0) is 4.87 Å². The molecule has 2 aromatic carbocycles. The molecule has 0 amide bonds. The van der Waals surface area contributed by atoms with E-state index < -0.39 is 9.71 Å². The average molecular weight is 346 g/mol. The molecular formula is C16H15Cl3O2. The van der Waals surface area contributed by atoms with Crippen molar-refractivity contribution in [3.05, 3.63) is 59.7 Å². The zero-order valence-corrected chi connectivity index (χ0v) is 13.9. The molecule has 0 N–H and O–H groups in total. The highest BCUT2D eigenvalue weighted by molar-refractivity contribution is 6.50. The zero-order valence-electron chi connectivity index (χ0n) is 11.6. The first-order valence-corrected chi connectivity index (χ1v) is 7.53. The fourth-order valence-corrected chi connectivity index (χ4v) is 2.84. The van der Waals surface area contributed by atoms with Crippen LogP contribution in [0.1, 0.15) is 11.1 Å². The van der Waals surface area contributed by atoms with Gasteiger partial charge in [0.2, 0.25) is 0 Å². The summed E-state index contributed by atoms with van der Waals surface area (Å²) in [6, 6.07) is 14.7. The Morgan fingerprint density at radius 2 is 1.10 bits per heavy atom. The van der Waals surface area contributed by atoms with Crippen LogP contribution in [0.2, 0.25) is 0 Å². The summed E-state index contributed by atoms with van der Waals surface area (Å²) in [7, 11) is 3.22. The van der Waals surface area contributed by atoms with Crippen molar-refractivity contribution in [1.82, 2.24) is 0 Å². The third-order valence-corrected chi connectivity index (χ3v) is 4.85. The molecule has 112 valence electrons. The van der Waals surface area contributed by atoms with Gasteiger partial charge in [0, 0.05) is 0 Å². The molecule has 0 aromatic heterocycles. The van der Waals surface area contributed by atoms with Gasteiger partial charge in [-0.15, -0.1) is 34.8 Å². The number of ether oxygens (including phenoxy) is 2. The van der Waals surface area contributed by atoms with Gasteiger partial charge in [0.25, 0.3) is 0 Å². The zero-order chi connectivity index (χ0) is 15.5. The molecule has 0 fully saturated rings. The third-order valence-electron chi connectivity index (χ3n) is 3.32. The van der Waals surface area contributed by atoms with Crippen molar-refractivity contribution in [3.63, 3.8) is 0 Å². The van der Waals surface area contributed by atoms with Gasteiger partial charge in [0.1, 0.15) is 21.2 Å². The van der Waals surface area contributed by atoms with Gasteiger partial charge in [-0.2, -0.15) is 0 Å². The van der Waals surface area contributed by atoms with Gasteiger partial charge in [-0.3, -0.25) is 0 Å². The van der Waals surface area contributed by atoms with Crippen LogP contribution in [0.5, 0.6) is 11.5 Å². The van der Waals surface area contributed by atoms with Crippen LogP contribution in [0.25, 0.3) is 0 Å². The predicted molar refractivity (Wildman–Crippen MR) is 88.1 cm³/mol. The minimum Gasteiger partial charge on any atom is -0.497 e. The van der Waals surface area contributed by atoms with E-state index in [-0.39, 0.29) is 0 Å². The topological polar surface area (TPSA) is 18.5 Å². The molecular weight excluding hydrogens is 331 g/mol. The monoisotopic (exact) mass is 344 g/mol. The number of benzene rings is 2. The predicted octanol–water partition coefficient (Wildman–Crippen LogP) is 4.99. The van der Waals surface area contributed by atoms with Gasteiger partial charge in [-0.1, -0.05) is 24.3 Å². The summed E-state index contributed by atoms with van der Waals surface area (Å²) in [5.41, 5.74) is 1.59. The van der Waals surface area contributed by atoms with Crippen molar-refractivity contribution in [3.8, 4) is 11.5 Å². The smallest absolute Gasteiger partial charge is 0.135 e. The molecule has 0 radical (unpaired) electrons. The van der Waals surface area contributed by atoms with Crippen molar-refractivity contribution < 1.29 is 9.47 Å². The van der Waals surface area contributed by atoms with Crippen LogP contribution in [-0.4, -0.2) is 19.1 Å². The van der Waals surface area contributed by atoms with Crippen LogP contribution in [0.4, 0.5) is 0 Å². The maximum Gasteiger partial charge on any atom is 0.135 e. The van der Waals surface area contributed by atoms with Crippen molar-refractivity contribution >= 4 is 34.8 Å². The lowest BCUT2D eigenvalue weighted by atomic mass is 9.91. The lowest BCUT2D eigenvalue weighted by Gasteiger charge is -2.29. The largest absolute Gasteiger partial charge is 0.497 e. The molecule has 2 aromatic rings. The van der Waals surface area contributed by atoms with E-state index in [2.05, 4.69) is 0 Å². The molecule has 5 heteroatoms. The maximum atomic E-state index is 6.77. The summed E-state index contributed by atoms with van der Waals surface area (Å²) in [5.74, 6) is 1.49. The minimum atomic E-state index is -1.04. The molecule has 0 aliphatic carbocycles. The number of halogens is 3. The second-order valence-electron chi connectivity index (χ2n) is 4.47. The quantitative estimate of drug-likeness (QED) is 0.711. The fourth-order valence-electron chi connectivity index (χ4n) is 2.09. The summed E-state index contributed by atoms with van der Waals surface area (Å²) >= 11 is 19.1. The third kappa shape index (κ3) is 3.23. The molecule has 21 heavy (non-hydrogen) atoms. The highest BCUT2D eigenvalue weighted by Gasteiger charge is 2.38. The first kappa shape index (κ1) is 16.3. The van der Waals surface area contributed by atoms with E-state index in [1.54, 1.807) is 14.2 Å². The van der Waals surface area contributed by atoms with Gasteiger partial charge < -0.3 is 9.47 Å². The Balaban J connectivity index is 2.47. The van der Waals surface area contributed by atoms with Gasteiger partial charge in [0.05, 0.1) is 14.2 Å². The molecule has 0 spiro atoms. The Morgan fingerprint density at radius 1 is 0.762 bits per heavy atom. The van der Waals surface area contributed by atoms with Gasteiger partial charge in [-0.25, -0.2) is 0 Å². The second kappa shape index (κ2) is 6.78. The van der Waals surface area contributed by atoms with Crippen molar-refractivity contribution in [2.45, 2.75) is 9.71 Å². The Kier molecular flexibility index (Phi) is 5.26. The van der Waals surface area contributed by atoms with Crippen LogP contribution in [0, 0.1) is 0 Å². The molecule has 0 bridgehead atoms. The molecule has 0 aliphatic rings. The number of methoxy groups -OCH3 is 2.